The van der Waals surface area contributed by atoms with Crippen LogP contribution in [0, 0.1) is 6.07 Å². The van der Waals surface area contributed by atoms with Crippen LogP contribution in [-0.4, -0.2) is 31.8 Å². The summed E-state index contributed by atoms with van der Waals surface area (Å²) in [5.74, 6) is 0.760. The first-order chi connectivity index (χ1) is 25.6. The smallest absolute Gasteiger partial charge is 0.305 e. The number of ether oxygens (including phenoxy) is 3. The Morgan fingerprint density at radius 1 is 0.509 bits per heavy atom. The largest absolute Gasteiger partial charge is 0.493 e. The highest BCUT2D eigenvalue weighted by Crippen LogP contribution is 2.39. The molecule has 0 N–H and O–H groups in total. The minimum atomic E-state index is -0.171. The van der Waals surface area contributed by atoms with Crippen molar-refractivity contribution in [1.82, 2.24) is 0 Å². The maximum Gasteiger partial charge on any atom is 0.305 e. The maximum atomic E-state index is 12.5. The molecule has 0 aromatic heterocycles. The number of hydrogen-bond acceptors (Lipinski definition) is 5. The molecule has 1 aromatic carbocycles. The molecule has 0 fully saturated rings. The Hall–Kier alpha value is -2.04. The molecule has 1 rings (SSSR count). The van der Waals surface area contributed by atoms with Gasteiger partial charge in [-0.15, -0.1) is 0 Å². The van der Waals surface area contributed by atoms with Crippen molar-refractivity contribution in [3.05, 3.63) is 29.3 Å². The lowest BCUT2D eigenvalue weighted by Crippen LogP contribution is -2.22. The molecule has 0 saturated heterocycles. The fourth-order valence-corrected chi connectivity index (χ4v) is 7.15. The van der Waals surface area contributed by atoms with Crippen molar-refractivity contribution in [3.8, 4) is 5.75 Å². The van der Waals surface area contributed by atoms with Gasteiger partial charge in [0, 0.05) is 18.4 Å². The van der Waals surface area contributed by atoms with Crippen molar-refractivity contribution in [2.24, 2.45) is 0 Å². The first-order valence-electron chi connectivity index (χ1n) is 22.6. The predicted molar refractivity (Wildman–Crippen MR) is 225 cm³/mol. The van der Waals surface area contributed by atoms with Crippen LogP contribution in [0.1, 0.15) is 239 Å². The van der Waals surface area contributed by atoms with Crippen molar-refractivity contribution in [2.45, 2.75) is 239 Å². The fourth-order valence-electron chi connectivity index (χ4n) is 7.15. The molecular weight excluding hydrogens is 657 g/mol. The summed E-state index contributed by atoms with van der Waals surface area (Å²) in [6.07, 6.45) is 31.8. The second-order valence-corrected chi connectivity index (χ2v) is 17.1. The molecule has 0 saturated carbocycles. The Bertz CT molecular complexity index is 1040. The van der Waals surface area contributed by atoms with Crippen molar-refractivity contribution < 1.29 is 23.8 Å². The second kappa shape index (κ2) is 31.2. The SMILES string of the molecule is CCCCCCCCCCCCOC(=O)CCCC(C)(C)c1[c]cc(C(C)(C)CCCC(=O)OCCCCCCCCCCCC)c(OCCCC)c1. The van der Waals surface area contributed by atoms with Gasteiger partial charge < -0.3 is 14.2 Å². The molecule has 0 aliphatic heterocycles. The lowest BCUT2D eigenvalue weighted by molar-refractivity contribution is -0.144. The molecule has 1 aromatic rings. The lowest BCUT2D eigenvalue weighted by Gasteiger charge is -2.31. The van der Waals surface area contributed by atoms with Crippen molar-refractivity contribution in [2.75, 3.05) is 19.8 Å². The van der Waals surface area contributed by atoms with Crippen LogP contribution in [0.15, 0.2) is 12.1 Å². The standard InChI is InChI=1S/C48H85O5/c1-8-11-14-16-18-20-22-24-26-28-39-52-45(49)32-30-36-47(4,5)42-34-35-43(44(41-42)51-38-13-10-3)48(6,7)37-31-33-46(50)53-40-29-27-25-23-21-19-17-15-12-9-2/h35,41H,8-33,36-40H2,1-7H3. The predicted octanol–water partition coefficient (Wildman–Crippen LogP) is 14.5. The summed E-state index contributed by atoms with van der Waals surface area (Å²) in [5.41, 5.74) is 1.93. The van der Waals surface area contributed by atoms with Gasteiger partial charge in [0.05, 0.1) is 19.8 Å². The van der Waals surface area contributed by atoms with Gasteiger partial charge in [0.25, 0.3) is 0 Å². The molecule has 5 nitrogen and oxygen atoms in total. The Morgan fingerprint density at radius 2 is 0.906 bits per heavy atom. The van der Waals surface area contributed by atoms with Crippen molar-refractivity contribution in [3.63, 3.8) is 0 Å². The monoisotopic (exact) mass is 742 g/mol. The summed E-state index contributed by atoms with van der Waals surface area (Å²) in [7, 11) is 0. The summed E-state index contributed by atoms with van der Waals surface area (Å²) in [5, 5.41) is 0. The highest BCUT2D eigenvalue weighted by Gasteiger charge is 2.28. The number of esters is 2. The summed E-state index contributed by atoms with van der Waals surface area (Å²) in [4.78, 5) is 25.0. The molecule has 0 aliphatic rings. The van der Waals surface area contributed by atoms with Gasteiger partial charge >= 0.3 is 11.9 Å². The van der Waals surface area contributed by atoms with E-state index < -0.39 is 0 Å². The summed E-state index contributed by atoms with van der Waals surface area (Å²) in [6, 6.07) is 7.89. The normalized spacial score (nSPS) is 11.9. The number of hydrogen-bond donors (Lipinski definition) is 0. The van der Waals surface area contributed by atoms with Gasteiger partial charge in [-0.2, -0.15) is 0 Å². The molecule has 1 radical (unpaired) electrons. The molecule has 307 valence electrons. The van der Waals surface area contributed by atoms with Gasteiger partial charge in [-0.25, -0.2) is 0 Å². The Labute approximate surface area is 328 Å². The van der Waals surface area contributed by atoms with E-state index in [2.05, 4.69) is 66.7 Å². The first-order valence-corrected chi connectivity index (χ1v) is 22.6. The topological polar surface area (TPSA) is 61.8 Å². The molecule has 0 spiro atoms. The molecule has 0 heterocycles. The molecule has 0 bridgehead atoms. The van der Waals surface area contributed by atoms with Crippen LogP contribution in [-0.2, 0) is 29.9 Å². The minimum Gasteiger partial charge on any atom is -0.493 e. The average Bonchev–Trinajstić information content (AvgIpc) is 3.12. The summed E-state index contributed by atoms with van der Waals surface area (Å²) >= 11 is 0. The van der Waals surface area contributed by atoms with Crippen LogP contribution < -0.4 is 4.74 Å². The van der Waals surface area contributed by atoms with Crippen molar-refractivity contribution >= 4 is 11.9 Å². The molecule has 0 amide bonds. The second-order valence-electron chi connectivity index (χ2n) is 17.1. The van der Waals surface area contributed by atoms with Gasteiger partial charge in [0.15, 0.2) is 0 Å². The first kappa shape index (κ1) is 49.0. The van der Waals surface area contributed by atoms with E-state index in [9.17, 15) is 9.59 Å². The van der Waals surface area contributed by atoms with Gasteiger partial charge in [-0.05, 0) is 79.5 Å². The van der Waals surface area contributed by atoms with Crippen LogP contribution in [0.4, 0.5) is 0 Å². The molecule has 0 unspecified atom stereocenters. The fraction of sp³-hybridized carbons (Fsp3) is 0.833. The third-order valence-corrected chi connectivity index (χ3v) is 11.0. The van der Waals surface area contributed by atoms with Crippen LogP contribution >= 0.6 is 0 Å². The van der Waals surface area contributed by atoms with Crippen molar-refractivity contribution in [1.29, 1.82) is 0 Å². The van der Waals surface area contributed by atoms with Gasteiger partial charge in [-0.1, -0.05) is 170 Å². The van der Waals surface area contributed by atoms with Crippen LogP contribution in [0.3, 0.4) is 0 Å². The average molecular weight is 742 g/mol. The minimum absolute atomic E-state index is 0.0796. The van der Waals surface area contributed by atoms with E-state index in [4.69, 9.17) is 14.2 Å². The van der Waals surface area contributed by atoms with E-state index in [1.807, 2.05) is 0 Å². The van der Waals surface area contributed by atoms with E-state index in [0.717, 1.165) is 81.1 Å². The van der Waals surface area contributed by atoms with E-state index in [1.165, 1.54) is 103 Å². The molecule has 0 aliphatic carbocycles. The van der Waals surface area contributed by atoms with Gasteiger partial charge in [-0.3, -0.25) is 9.59 Å². The lowest BCUT2D eigenvalue weighted by atomic mass is 9.76. The van der Waals surface area contributed by atoms with Gasteiger partial charge in [0.2, 0.25) is 0 Å². The number of carbonyl (C=O) groups excluding carboxylic acids is 2. The maximum absolute atomic E-state index is 12.5. The van der Waals surface area contributed by atoms with E-state index in [0.29, 0.717) is 32.7 Å². The third kappa shape index (κ3) is 24.9. The van der Waals surface area contributed by atoms with E-state index >= 15 is 0 Å². The highest BCUT2D eigenvalue weighted by molar-refractivity contribution is 5.69. The molecule has 5 heteroatoms. The zero-order valence-electron chi connectivity index (χ0n) is 36.1. The third-order valence-electron chi connectivity index (χ3n) is 11.0. The van der Waals surface area contributed by atoms with E-state index in [-0.39, 0.29) is 22.8 Å². The summed E-state index contributed by atoms with van der Waals surface area (Å²) < 4.78 is 17.6. The van der Waals surface area contributed by atoms with Crippen LogP contribution in [0.5, 0.6) is 5.75 Å². The van der Waals surface area contributed by atoms with Crippen LogP contribution in [0.25, 0.3) is 0 Å². The summed E-state index contributed by atoms with van der Waals surface area (Å²) in [6.45, 7) is 17.4. The Balaban J connectivity index is 2.48. The quantitative estimate of drug-likeness (QED) is 0.0506. The van der Waals surface area contributed by atoms with Crippen LogP contribution in [0.2, 0.25) is 0 Å². The number of benzene rings is 1. The molecule has 53 heavy (non-hydrogen) atoms. The number of rotatable bonds is 36. The highest BCUT2D eigenvalue weighted by atomic mass is 16.5. The Kier molecular flexibility index (Phi) is 28.8. The zero-order chi connectivity index (χ0) is 39.0. The molecular formula is C48H85O5. The molecule has 0 atom stereocenters. The zero-order valence-corrected chi connectivity index (χ0v) is 36.1. The number of unbranched alkanes of at least 4 members (excludes halogenated alkanes) is 19. The number of carbonyl (C=O) groups is 2. The van der Waals surface area contributed by atoms with E-state index in [1.54, 1.807) is 0 Å². The van der Waals surface area contributed by atoms with Gasteiger partial charge in [0.1, 0.15) is 5.75 Å². The Morgan fingerprint density at radius 3 is 1.34 bits per heavy atom.